The first-order chi connectivity index (χ1) is 17.8. The molecule has 0 radical (unpaired) electrons. The molecule has 37 heavy (non-hydrogen) atoms. The minimum Gasteiger partial charge on any atom is -0.489 e. The van der Waals surface area contributed by atoms with Crippen LogP contribution in [0.4, 0.5) is 5.69 Å². The number of ether oxygens (including phenoxy) is 2. The van der Waals surface area contributed by atoms with Gasteiger partial charge in [-0.25, -0.2) is 0 Å². The van der Waals surface area contributed by atoms with Crippen molar-refractivity contribution in [2.45, 2.75) is 25.0 Å². The van der Waals surface area contributed by atoms with Gasteiger partial charge < -0.3 is 24.8 Å². The molecule has 0 aliphatic carbocycles. The molecule has 3 aromatic rings. The second-order valence-electron chi connectivity index (χ2n) is 9.40. The third kappa shape index (κ3) is 5.48. The first kappa shape index (κ1) is 24.5. The number of nitrogens with zero attached hydrogens (tertiary/aromatic N) is 2. The largest absolute Gasteiger partial charge is 0.489 e. The predicted octanol–water partition coefficient (Wildman–Crippen LogP) is 2.25. The van der Waals surface area contributed by atoms with Gasteiger partial charge in [0.05, 0.1) is 18.9 Å². The van der Waals surface area contributed by atoms with E-state index in [0.29, 0.717) is 23.4 Å². The number of likely N-dealkylation sites (N-methyl/N-ethyl adjacent to an activating group) is 1. The van der Waals surface area contributed by atoms with Gasteiger partial charge in [0, 0.05) is 18.8 Å². The molecule has 2 aliphatic heterocycles. The van der Waals surface area contributed by atoms with Gasteiger partial charge in [-0.05, 0) is 54.8 Å². The molecule has 0 saturated carbocycles. The summed E-state index contributed by atoms with van der Waals surface area (Å²) in [5.41, 5.74) is 3.52. The van der Waals surface area contributed by atoms with E-state index in [0.717, 1.165) is 11.1 Å². The van der Waals surface area contributed by atoms with Crippen LogP contribution in [0.15, 0.2) is 60.8 Å². The zero-order valence-electron chi connectivity index (χ0n) is 20.7. The van der Waals surface area contributed by atoms with Crippen LogP contribution in [-0.2, 0) is 16.0 Å². The maximum atomic E-state index is 13.2. The van der Waals surface area contributed by atoms with Crippen molar-refractivity contribution >= 4 is 17.5 Å². The number of hydrogen-bond acceptors (Lipinski definition) is 6. The molecule has 8 nitrogen and oxygen atoms in total. The normalized spacial score (nSPS) is 17.9. The first-order valence-electron chi connectivity index (χ1n) is 12.0. The summed E-state index contributed by atoms with van der Waals surface area (Å²) in [6.45, 7) is 2.37. The maximum Gasteiger partial charge on any atom is 0.270 e. The van der Waals surface area contributed by atoms with Gasteiger partial charge in [-0.3, -0.25) is 14.6 Å². The molecule has 2 N–H and O–H groups in total. The summed E-state index contributed by atoms with van der Waals surface area (Å²) in [5.74, 6) is 5.47. The van der Waals surface area contributed by atoms with Crippen molar-refractivity contribution in [3.8, 4) is 17.6 Å². The molecule has 1 saturated heterocycles. The summed E-state index contributed by atoms with van der Waals surface area (Å²) in [4.78, 5) is 31.9. The lowest BCUT2D eigenvalue weighted by molar-refractivity contribution is -0.140. The number of benzene rings is 2. The highest BCUT2D eigenvalue weighted by Gasteiger charge is 2.34. The van der Waals surface area contributed by atoms with Crippen molar-refractivity contribution in [2.24, 2.45) is 0 Å². The van der Waals surface area contributed by atoms with E-state index in [1.165, 1.54) is 10.5 Å². The number of anilines is 1. The minimum atomic E-state index is -1.13. The highest BCUT2D eigenvalue weighted by molar-refractivity contribution is 6.03. The molecular formula is C29H27N3O5. The van der Waals surface area contributed by atoms with Gasteiger partial charge in [-0.2, -0.15) is 0 Å². The number of amides is 2. The molecule has 1 atom stereocenters. The Morgan fingerprint density at radius 3 is 2.68 bits per heavy atom. The van der Waals surface area contributed by atoms with E-state index < -0.39 is 17.6 Å². The summed E-state index contributed by atoms with van der Waals surface area (Å²) in [5, 5.41) is 12.9. The van der Waals surface area contributed by atoms with Crippen LogP contribution >= 0.6 is 0 Å². The molecule has 2 aromatic carbocycles. The van der Waals surface area contributed by atoms with Gasteiger partial charge >= 0.3 is 0 Å². The molecule has 0 spiro atoms. The quantitative estimate of drug-likeness (QED) is 0.537. The number of pyridine rings is 1. The van der Waals surface area contributed by atoms with E-state index in [4.69, 9.17) is 9.47 Å². The van der Waals surface area contributed by atoms with E-state index in [9.17, 15) is 14.7 Å². The smallest absolute Gasteiger partial charge is 0.270 e. The highest BCUT2D eigenvalue weighted by atomic mass is 16.5. The maximum absolute atomic E-state index is 13.2. The number of fused-ring (bicyclic) bond motifs is 1. The highest BCUT2D eigenvalue weighted by Crippen LogP contribution is 2.31. The zero-order chi connectivity index (χ0) is 26.0. The average molecular weight is 498 g/mol. The topological polar surface area (TPSA) is 101 Å². The summed E-state index contributed by atoms with van der Waals surface area (Å²) in [6, 6.07) is 16.2. The molecule has 5 rings (SSSR count). The average Bonchev–Trinajstić information content (AvgIpc) is 3.00. The SMILES string of the molecule is Cc1ccc(Cc2ccnc(C(=O)N[C@H]3COc4ccc(C#CC5(O)COC5)cc4N(C)C3=O)c2)cc1. The third-order valence-corrected chi connectivity index (χ3v) is 6.37. The zero-order valence-corrected chi connectivity index (χ0v) is 20.7. The van der Waals surface area contributed by atoms with Gasteiger partial charge in [0.15, 0.2) is 5.60 Å². The number of carbonyl (C=O) groups is 2. The Morgan fingerprint density at radius 1 is 1.16 bits per heavy atom. The molecule has 1 aromatic heterocycles. The van der Waals surface area contributed by atoms with Crippen molar-refractivity contribution in [3.05, 3.63) is 88.7 Å². The fraction of sp³-hybridized carbons (Fsp3) is 0.276. The van der Waals surface area contributed by atoms with Crippen molar-refractivity contribution in [1.29, 1.82) is 0 Å². The van der Waals surface area contributed by atoms with Crippen molar-refractivity contribution < 1.29 is 24.2 Å². The molecule has 8 heteroatoms. The third-order valence-electron chi connectivity index (χ3n) is 6.37. The van der Waals surface area contributed by atoms with Crippen LogP contribution in [0.25, 0.3) is 0 Å². The molecule has 2 amide bonds. The van der Waals surface area contributed by atoms with Gasteiger partial charge in [0.25, 0.3) is 11.8 Å². The monoisotopic (exact) mass is 497 g/mol. The fourth-order valence-electron chi connectivity index (χ4n) is 4.12. The van der Waals surface area contributed by atoms with Crippen LogP contribution in [0.1, 0.15) is 32.7 Å². The van der Waals surface area contributed by atoms with E-state index in [1.54, 1.807) is 37.5 Å². The summed E-state index contributed by atoms with van der Waals surface area (Å²) in [6.07, 6.45) is 2.27. The summed E-state index contributed by atoms with van der Waals surface area (Å²) in [7, 11) is 1.62. The Morgan fingerprint density at radius 2 is 1.95 bits per heavy atom. The molecule has 2 aliphatic rings. The molecular weight excluding hydrogens is 470 g/mol. The molecule has 0 bridgehead atoms. The van der Waals surface area contributed by atoms with Crippen molar-refractivity contribution in [2.75, 3.05) is 31.8 Å². The van der Waals surface area contributed by atoms with Crippen LogP contribution < -0.4 is 15.0 Å². The lowest BCUT2D eigenvalue weighted by atomic mass is 10.0. The number of carbonyl (C=O) groups excluding carboxylic acids is 2. The number of nitrogens with one attached hydrogen (secondary N) is 1. The van der Waals surface area contributed by atoms with E-state index in [2.05, 4.69) is 46.4 Å². The molecule has 188 valence electrons. The van der Waals surface area contributed by atoms with E-state index in [1.807, 2.05) is 13.0 Å². The van der Waals surface area contributed by atoms with Crippen molar-refractivity contribution in [3.63, 3.8) is 0 Å². The number of hydrogen-bond donors (Lipinski definition) is 2. The second kappa shape index (κ2) is 10.1. The van der Waals surface area contributed by atoms with Crippen LogP contribution in [0, 0.1) is 18.8 Å². The Kier molecular flexibility index (Phi) is 6.66. The number of rotatable bonds is 4. The van der Waals surface area contributed by atoms with Crippen LogP contribution in [0.3, 0.4) is 0 Å². The van der Waals surface area contributed by atoms with Crippen LogP contribution in [0.2, 0.25) is 0 Å². The van der Waals surface area contributed by atoms with Crippen LogP contribution in [0.5, 0.6) is 5.75 Å². The predicted molar refractivity (Wildman–Crippen MR) is 137 cm³/mol. The molecule has 3 heterocycles. The van der Waals surface area contributed by atoms with Gasteiger partial charge in [0.2, 0.25) is 0 Å². The summed E-state index contributed by atoms with van der Waals surface area (Å²) < 4.78 is 10.9. The van der Waals surface area contributed by atoms with Gasteiger partial charge in [0.1, 0.15) is 24.1 Å². The van der Waals surface area contributed by atoms with E-state index >= 15 is 0 Å². The van der Waals surface area contributed by atoms with Gasteiger partial charge in [-0.1, -0.05) is 41.7 Å². The second-order valence-corrected chi connectivity index (χ2v) is 9.40. The number of aliphatic hydroxyl groups is 1. The van der Waals surface area contributed by atoms with Gasteiger partial charge in [-0.15, -0.1) is 0 Å². The Labute approximate surface area is 215 Å². The minimum absolute atomic E-state index is 0.0207. The summed E-state index contributed by atoms with van der Waals surface area (Å²) >= 11 is 0. The fourth-order valence-corrected chi connectivity index (χ4v) is 4.12. The Bertz CT molecular complexity index is 1400. The Balaban J connectivity index is 1.28. The lowest BCUT2D eigenvalue weighted by Gasteiger charge is -2.30. The standard InChI is InChI=1S/C29H27N3O5/c1-19-3-5-20(6-4-19)13-22-10-12-30-23(14-22)27(33)31-24-16-37-26-8-7-21(9-11-29(35)17-36-18-29)15-25(26)32(2)28(24)34/h3-8,10,12,14-15,24,35H,13,16-18H2,1-2H3,(H,31,33)/t24-/m0/s1. The molecule has 1 fully saturated rings. The lowest BCUT2D eigenvalue weighted by Crippen LogP contribution is -2.49. The van der Waals surface area contributed by atoms with Crippen LogP contribution in [-0.4, -0.2) is 60.4 Å². The Hall–Kier alpha value is -4.19. The number of aromatic nitrogens is 1. The van der Waals surface area contributed by atoms with Crippen molar-refractivity contribution in [1.82, 2.24) is 10.3 Å². The number of aryl methyl sites for hydroxylation is 1. The first-order valence-corrected chi connectivity index (χ1v) is 12.0. The van der Waals surface area contributed by atoms with E-state index in [-0.39, 0.29) is 31.4 Å². The molecule has 0 unspecified atom stereocenters.